The molecule has 3 rings (SSSR count). The molecule has 1 amide bonds. The molecule has 1 aliphatic carbocycles. The van der Waals surface area contributed by atoms with E-state index in [-0.39, 0.29) is 29.7 Å². The predicted octanol–water partition coefficient (Wildman–Crippen LogP) is 2.60. The number of aromatic nitrogens is 2. The number of carbonyl (C=O) groups excluding carboxylic acids is 1. The smallest absolute Gasteiger partial charge is 0.254 e. The normalized spacial score (nSPS) is 19.5. The summed E-state index contributed by atoms with van der Waals surface area (Å²) >= 11 is 0. The number of nitrogens with zero attached hydrogens (tertiary/aromatic N) is 1. The minimum atomic E-state index is -0.251. The molecule has 1 fully saturated rings. The van der Waals surface area contributed by atoms with Crippen LogP contribution in [0.25, 0.3) is 0 Å². The number of H-pyrrole nitrogens is 1. The Labute approximate surface area is 152 Å². The molecule has 26 heavy (non-hydrogen) atoms. The van der Waals surface area contributed by atoms with Gasteiger partial charge in [0.2, 0.25) is 5.91 Å². The summed E-state index contributed by atoms with van der Waals surface area (Å²) in [5.41, 5.74) is 1.84. The van der Waals surface area contributed by atoms with E-state index in [2.05, 4.69) is 15.3 Å². The van der Waals surface area contributed by atoms with Gasteiger partial charge >= 0.3 is 0 Å². The number of nitrogens with one attached hydrogen (secondary N) is 2. The van der Waals surface area contributed by atoms with Crippen LogP contribution in [0.4, 0.5) is 4.39 Å². The summed E-state index contributed by atoms with van der Waals surface area (Å²) in [6, 6.07) is 6.63. The van der Waals surface area contributed by atoms with Crippen LogP contribution >= 0.6 is 0 Å². The van der Waals surface area contributed by atoms with Gasteiger partial charge in [0.05, 0.1) is 6.42 Å². The number of amides is 1. The van der Waals surface area contributed by atoms with E-state index >= 15 is 0 Å². The van der Waals surface area contributed by atoms with E-state index in [0.717, 1.165) is 31.2 Å². The molecular weight excluding hydrogens is 333 g/mol. The maximum Gasteiger partial charge on any atom is 0.254 e. The Hall–Kier alpha value is -2.50. The van der Waals surface area contributed by atoms with Crippen molar-refractivity contribution in [1.29, 1.82) is 0 Å². The highest BCUT2D eigenvalue weighted by Crippen LogP contribution is 2.29. The largest absolute Gasteiger partial charge is 0.353 e. The van der Waals surface area contributed by atoms with Crippen molar-refractivity contribution in [2.24, 2.45) is 5.92 Å². The van der Waals surface area contributed by atoms with Crippen molar-refractivity contribution in [3.8, 4) is 0 Å². The Bertz CT molecular complexity index is 845. The number of halogens is 1. The molecule has 6 heteroatoms. The topological polar surface area (TPSA) is 74.8 Å². The number of hydrogen-bond donors (Lipinski definition) is 2. The lowest BCUT2D eigenvalue weighted by atomic mass is 9.94. The second-order valence-corrected chi connectivity index (χ2v) is 7.09. The van der Waals surface area contributed by atoms with Crippen molar-refractivity contribution in [2.75, 3.05) is 0 Å². The van der Waals surface area contributed by atoms with E-state index in [1.807, 2.05) is 0 Å². The van der Waals surface area contributed by atoms with Crippen LogP contribution in [0.5, 0.6) is 0 Å². The van der Waals surface area contributed by atoms with Crippen LogP contribution in [0.15, 0.2) is 29.1 Å². The highest BCUT2D eigenvalue weighted by molar-refractivity contribution is 5.79. The molecule has 1 aromatic heterocycles. The standard InChI is InChI=1S/C20H24FN3O2/c1-12-17(20(26)23-13(2)22-12)11-19(25)24-18-5-3-4-15(18)10-14-6-8-16(21)9-7-14/h6-9,15,18H,3-5,10-11H2,1-2H3,(H,24,25)(H,22,23,26)/t15-,18-/m0/s1. The first kappa shape index (κ1) is 18.3. The lowest BCUT2D eigenvalue weighted by molar-refractivity contribution is -0.121. The van der Waals surface area contributed by atoms with Crippen molar-refractivity contribution in [3.05, 3.63) is 63.1 Å². The van der Waals surface area contributed by atoms with Gasteiger partial charge in [0.15, 0.2) is 0 Å². The summed E-state index contributed by atoms with van der Waals surface area (Å²) in [4.78, 5) is 31.4. The first-order valence-corrected chi connectivity index (χ1v) is 9.02. The number of rotatable bonds is 5. The van der Waals surface area contributed by atoms with E-state index in [9.17, 15) is 14.0 Å². The lowest BCUT2D eigenvalue weighted by Gasteiger charge is -2.21. The fourth-order valence-corrected chi connectivity index (χ4v) is 3.77. The van der Waals surface area contributed by atoms with Gasteiger partial charge in [-0.2, -0.15) is 0 Å². The summed E-state index contributed by atoms with van der Waals surface area (Å²) in [5, 5.41) is 3.08. The van der Waals surface area contributed by atoms with Gasteiger partial charge in [0.1, 0.15) is 11.6 Å². The van der Waals surface area contributed by atoms with E-state index in [1.165, 1.54) is 12.1 Å². The van der Waals surface area contributed by atoms with E-state index < -0.39 is 0 Å². The molecule has 1 aliphatic rings. The summed E-state index contributed by atoms with van der Waals surface area (Å²) in [5.74, 6) is 0.490. The fourth-order valence-electron chi connectivity index (χ4n) is 3.77. The van der Waals surface area contributed by atoms with Crippen molar-refractivity contribution >= 4 is 5.91 Å². The fraction of sp³-hybridized carbons (Fsp3) is 0.450. The van der Waals surface area contributed by atoms with E-state index in [4.69, 9.17) is 0 Å². The van der Waals surface area contributed by atoms with Crippen LogP contribution in [0.1, 0.15) is 41.9 Å². The summed E-state index contributed by atoms with van der Waals surface area (Å²) in [7, 11) is 0. The van der Waals surface area contributed by atoms with Crippen LogP contribution in [0.3, 0.4) is 0 Å². The SMILES string of the molecule is Cc1nc(C)c(CC(=O)N[C@H]2CCC[C@H]2Cc2ccc(F)cc2)c(=O)[nH]1. The van der Waals surface area contributed by atoms with Gasteiger partial charge in [-0.1, -0.05) is 18.6 Å². The lowest BCUT2D eigenvalue weighted by Crippen LogP contribution is -2.39. The van der Waals surface area contributed by atoms with Crippen molar-refractivity contribution < 1.29 is 9.18 Å². The number of hydrogen-bond acceptors (Lipinski definition) is 3. The van der Waals surface area contributed by atoms with Crippen molar-refractivity contribution in [1.82, 2.24) is 15.3 Å². The molecule has 0 saturated heterocycles. The zero-order valence-electron chi connectivity index (χ0n) is 15.1. The average molecular weight is 357 g/mol. The van der Waals surface area contributed by atoms with Crippen LogP contribution < -0.4 is 10.9 Å². The quantitative estimate of drug-likeness (QED) is 0.864. The minimum Gasteiger partial charge on any atom is -0.353 e. The van der Waals surface area contributed by atoms with Gasteiger partial charge in [-0.05, 0) is 56.7 Å². The molecule has 0 unspecified atom stereocenters. The maximum atomic E-state index is 13.1. The molecule has 0 spiro atoms. The molecule has 1 aromatic carbocycles. The third-order valence-corrected chi connectivity index (χ3v) is 5.09. The average Bonchev–Trinajstić information content (AvgIpc) is 3.00. The third-order valence-electron chi connectivity index (χ3n) is 5.09. The van der Waals surface area contributed by atoms with Gasteiger partial charge in [0, 0.05) is 17.3 Å². The molecule has 2 aromatic rings. The number of benzene rings is 1. The monoisotopic (exact) mass is 357 g/mol. The van der Waals surface area contributed by atoms with Gasteiger partial charge in [-0.25, -0.2) is 9.37 Å². The third kappa shape index (κ3) is 4.36. The minimum absolute atomic E-state index is 0.0359. The zero-order valence-corrected chi connectivity index (χ0v) is 15.1. The maximum absolute atomic E-state index is 13.1. The second kappa shape index (κ2) is 7.81. The number of aryl methyl sites for hydroxylation is 2. The second-order valence-electron chi connectivity index (χ2n) is 7.09. The van der Waals surface area contributed by atoms with Crippen LogP contribution in [0, 0.1) is 25.6 Å². The molecule has 2 atom stereocenters. The Morgan fingerprint density at radius 2 is 2.00 bits per heavy atom. The Balaban J connectivity index is 1.63. The van der Waals surface area contributed by atoms with Crippen molar-refractivity contribution in [2.45, 2.75) is 52.0 Å². The highest BCUT2D eigenvalue weighted by atomic mass is 19.1. The molecule has 138 valence electrons. The Kier molecular flexibility index (Phi) is 5.49. The van der Waals surface area contributed by atoms with Crippen LogP contribution in [0.2, 0.25) is 0 Å². The zero-order chi connectivity index (χ0) is 18.7. The van der Waals surface area contributed by atoms with Gasteiger partial charge in [-0.15, -0.1) is 0 Å². The molecule has 1 heterocycles. The molecule has 5 nitrogen and oxygen atoms in total. The van der Waals surface area contributed by atoms with E-state index in [1.54, 1.807) is 26.0 Å². The summed E-state index contributed by atoms with van der Waals surface area (Å²) in [6.45, 7) is 3.47. The van der Waals surface area contributed by atoms with Gasteiger partial charge in [-0.3, -0.25) is 9.59 Å². The van der Waals surface area contributed by atoms with Crippen molar-refractivity contribution in [3.63, 3.8) is 0 Å². The first-order valence-electron chi connectivity index (χ1n) is 9.02. The van der Waals surface area contributed by atoms with Gasteiger partial charge < -0.3 is 10.3 Å². The molecule has 0 bridgehead atoms. The molecule has 0 aliphatic heterocycles. The molecule has 1 saturated carbocycles. The molecule has 2 N–H and O–H groups in total. The van der Waals surface area contributed by atoms with Crippen LogP contribution in [-0.4, -0.2) is 21.9 Å². The summed E-state index contributed by atoms with van der Waals surface area (Å²) in [6.07, 6.45) is 3.88. The highest BCUT2D eigenvalue weighted by Gasteiger charge is 2.29. The predicted molar refractivity (Wildman–Crippen MR) is 97.4 cm³/mol. The van der Waals surface area contributed by atoms with E-state index in [0.29, 0.717) is 23.0 Å². The number of aromatic amines is 1. The number of carbonyl (C=O) groups is 1. The summed E-state index contributed by atoms with van der Waals surface area (Å²) < 4.78 is 13.1. The Morgan fingerprint density at radius 1 is 1.27 bits per heavy atom. The first-order chi connectivity index (χ1) is 12.4. The molecule has 0 radical (unpaired) electrons. The molecular formula is C20H24FN3O2. The Morgan fingerprint density at radius 3 is 2.69 bits per heavy atom. The van der Waals surface area contributed by atoms with Gasteiger partial charge in [0.25, 0.3) is 5.56 Å². The van der Waals surface area contributed by atoms with Crippen LogP contribution in [-0.2, 0) is 17.6 Å².